The molecule has 2 aromatic rings. The molecule has 0 aromatic heterocycles. The molecule has 1 atom stereocenters. The summed E-state index contributed by atoms with van der Waals surface area (Å²) < 4.78 is 0. The average Bonchev–Trinajstić information content (AvgIpc) is 2.79. The van der Waals surface area contributed by atoms with Gasteiger partial charge in [-0.15, -0.1) is 0 Å². The van der Waals surface area contributed by atoms with Gasteiger partial charge in [0.05, 0.1) is 0 Å². The molecule has 166 valence electrons. The first-order valence-electron chi connectivity index (χ1n) is 11.8. The molecule has 1 saturated carbocycles. The van der Waals surface area contributed by atoms with Gasteiger partial charge >= 0.3 is 0 Å². The van der Waals surface area contributed by atoms with Crippen LogP contribution in [-0.2, 0) is 22.6 Å². The van der Waals surface area contributed by atoms with Crippen LogP contribution in [0.15, 0.2) is 54.6 Å². The Hall–Kier alpha value is -2.62. The van der Waals surface area contributed by atoms with E-state index in [0.29, 0.717) is 19.4 Å². The molecule has 0 heterocycles. The fraction of sp³-hybridized carbons (Fsp3) is 0.481. The second kappa shape index (κ2) is 11.7. The lowest BCUT2D eigenvalue weighted by atomic mass is 9.94. The van der Waals surface area contributed by atoms with Crippen LogP contribution in [-0.4, -0.2) is 28.8 Å². The van der Waals surface area contributed by atoms with Crippen LogP contribution in [0.3, 0.4) is 0 Å². The number of benzene rings is 2. The Morgan fingerprint density at radius 3 is 2.29 bits per heavy atom. The van der Waals surface area contributed by atoms with E-state index < -0.39 is 6.04 Å². The topological polar surface area (TPSA) is 49.4 Å². The van der Waals surface area contributed by atoms with Crippen LogP contribution in [0.5, 0.6) is 0 Å². The number of nitrogens with one attached hydrogen (secondary N) is 1. The predicted octanol–water partition coefficient (Wildman–Crippen LogP) is 5.18. The van der Waals surface area contributed by atoms with Crippen molar-refractivity contribution in [3.8, 4) is 0 Å². The third kappa shape index (κ3) is 6.95. The number of hydrogen-bond acceptors (Lipinski definition) is 2. The van der Waals surface area contributed by atoms with Crippen molar-refractivity contribution < 1.29 is 9.59 Å². The van der Waals surface area contributed by atoms with Crippen molar-refractivity contribution in [2.45, 2.75) is 83.8 Å². The molecular formula is C27H36N2O2. The summed E-state index contributed by atoms with van der Waals surface area (Å²) in [4.78, 5) is 28.5. The first kappa shape index (κ1) is 23.1. The monoisotopic (exact) mass is 420 g/mol. The molecular weight excluding hydrogens is 384 g/mol. The molecule has 0 bridgehead atoms. The maximum atomic E-state index is 13.5. The molecule has 1 unspecified atom stereocenters. The van der Waals surface area contributed by atoms with Crippen molar-refractivity contribution in [1.29, 1.82) is 0 Å². The van der Waals surface area contributed by atoms with Crippen LogP contribution in [0.2, 0.25) is 0 Å². The fourth-order valence-corrected chi connectivity index (χ4v) is 4.35. The molecule has 0 radical (unpaired) electrons. The maximum absolute atomic E-state index is 13.5. The number of aryl methyl sites for hydroxylation is 1. The molecule has 1 aliphatic rings. The van der Waals surface area contributed by atoms with Crippen molar-refractivity contribution in [3.05, 3.63) is 71.3 Å². The fourth-order valence-electron chi connectivity index (χ4n) is 4.35. The van der Waals surface area contributed by atoms with Crippen molar-refractivity contribution in [2.24, 2.45) is 0 Å². The van der Waals surface area contributed by atoms with E-state index in [1.165, 1.54) is 12.0 Å². The number of carbonyl (C=O) groups is 2. The van der Waals surface area contributed by atoms with E-state index >= 15 is 0 Å². The first-order chi connectivity index (χ1) is 15.1. The van der Waals surface area contributed by atoms with E-state index in [9.17, 15) is 9.59 Å². The summed E-state index contributed by atoms with van der Waals surface area (Å²) in [5.74, 6) is 0.0233. The standard InChI is InChI=1S/C27H36N2O2/c1-3-10-26(30)29(20-23-17-15-21(2)16-18-23)25(19-22-11-6-4-7-12-22)27(31)28-24-13-8-5-9-14-24/h4,6-7,11-12,15-18,24-25H,3,5,8-10,13-14,19-20H2,1-2H3,(H,28,31). The van der Waals surface area contributed by atoms with Crippen molar-refractivity contribution in [3.63, 3.8) is 0 Å². The van der Waals surface area contributed by atoms with Crippen LogP contribution < -0.4 is 5.32 Å². The Bertz CT molecular complexity index is 826. The average molecular weight is 421 g/mol. The molecule has 1 fully saturated rings. The summed E-state index contributed by atoms with van der Waals surface area (Å²) >= 11 is 0. The maximum Gasteiger partial charge on any atom is 0.243 e. The smallest absolute Gasteiger partial charge is 0.243 e. The summed E-state index contributed by atoms with van der Waals surface area (Å²) in [5.41, 5.74) is 3.31. The highest BCUT2D eigenvalue weighted by Crippen LogP contribution is 2.20. The van der Waals surface area contributed by atoms with E-state index in [-0.39, 0.29) is 17.9 Å². The number of amides is 2. The number of nitrogens with zero attached hydrogens (tertiary/aromatic N) is 1. The van der Waals surface area contributed by atoms with Gasteiger partial charge in [-0.05, 0) is 37.3 Å². The van der Waals surface area contributed by atoms with Gasteiger partial charge in [0.1, 0.15) is 6.04 Å². The van der Waals surface area contributed by atoms with Gasteiger partial charge in [-0.3, -0.25) is 9.59 Å². The van der Waals surface area contributed by atoms with Crippen LogP contribution in [0.4, 0.5) is 0 Å². The molecule has 0 spiro atoms. The molecule has 1 aliphatic carbocycles. The minimum absolute atomic E-state index is 0.0210. The van der Waals surface area contributed by atoms with Crippen LogP contribution >= 0.6 is 0 Å². The van der Waals surface area contributed by atoms with Crippen LogP contribution in [0.25, 0.3) is 0 Å². The number of carbonyl (C=O) groups excluding carboxylic acids is 2. The Morgan fingerprint density at radius 2 is 1.65 bits per heavy atom. The highest BCUT2D eigenvalue weighted by Gasteiger charge is 2.31. The van der Waals surface area contributed by atoms with Crippen molar-refractivity contribution in [1.82, 2.24) is 10.2 Å². The third-order valence-electron chi connectivity index (χ3n) is 6.16. The van der Waals surface area contributed by atoms with Gasteiger partial charge in [-0.2, -0.15) is 0 Å². The van der Waals surface area contributed by atoms with Gasteiger partial charge in [0.15, 0.2) is 0 Å². The molecule has 2 aromatic carbocycles. The van der Waals surface area contributed by atoms with E-state index in [4.69, 9.17) is 0 Å². The SMILES string of the molecule is CCCC(=O)N(Cc1ccc(C)cc1)C(Cc1ccccc1)C(=O)NC1CCCCC1. The van der Waals surface area contributed by atoms with Crippen molar-refractivity contribution in [2.75, 3.05) is 0 Å². The molecule has 2 amide bonds. The van der Waals surface area contributed by atoms with Crippen LogP contribution in [0, 0.1) is 6.92 Å². The molecule has 3 rings (SSSR count). The molecule has 1 N–H and O–H groups in total. The lowest BCUT2D eigenvalue weighted by molar-refractivity contribution is -0.141. The lowest BCUT2D eigenvalue weighted by Gasteiger charge is -2.33. The largest absolute Gasteiger partial charge is 0.352 e. The number of rotatable bonds is 9. The van der Waals surface area contributed by atoms with Crippen LogP contribution in [0.1, 0.15) is 68.6 Å². The van der Waals surface area contributed by atoms with Gasteiger partial charge in [0, 0.05) is 25.4 Å². The van der Waals surface area contributed by atoms with Gasteiger partial charge in [0.2, 0.25) is 11.8 Å². The van der Waals surface area contributed by atoms with E-state index in [2.05, 4.69) is 36.5 Å². The normalized spacial score (nSPS) is 15.3. The molecule has 0 aliphatic heterocycles. The highest BCUT2D eigenvalue weighted by molar-refractivity contribution is 5.88. The minimum Gasteiger partial charge on any atom is -0.352 e. The summed E-state index contributed by atoms with van der Waals surface area (Å²) in [7, 11) is 0. The van der Waals surface area contributed by atoms with Gasteiger partial charge in [0.25, 0.3) is 0 Å². The van der Waals surface area contributed by atoms with Gasteiger partial charge in [-0.1, -0.05) is 86.3 Å². The quantitative estimate of drug-likeness (QED) is 0.607. The lowest BCUT2D eigenvalue weighted by Crippen LogP contribution is -2.52. The predicted molar refractivity (Wildman–Crippen MR) is 126 cm³/mol. The van der Waals surface area contributed by atoms with E-state index in [0.717, 1.165) is 43.2 Å². The summed E-state index contributed by atoms with van der Waals surface area (Å²) in [6.07, 6.45) is 7.38. The Morgan fingerprint density at radius 1 is 0.968 bits per heavy atom. The second-order valence-corrected chi connectivity index (χ2v) is 8.81. The Balaban J connectivity index is 1.87. The zero-order chi connectivity index (χ0) is 22.1. The van der Waals surface area contributed by atoms with Gasteiger partial charge < -0.3 is 10.2 Å². The highest BCUT2D eigenvalue weighted by atomic mass is 16.2. The van der Waals surface area contributed by atoms with E-state index in [1.54, 1.807) is 4.90 Å². The summed E-state index contributed by atoms with van der Waals surface area (Å²) in [6.45, 7) is 4.52. The molecule has 4 nitrogen and oxygen atoms in total. The minimum atomic E-state index is -0.510. The van der Waals surface area contributed by atoms with Crippen molar-refractivity contribution >= 4 is 11.8 Å². The summed E-state index contributed by atoms with van der Waals surface area (Å²) in [6, 6.07) is 18.0. The molecule has 31 heavy (non-hydrogen) atoms. The molecule has 0 saturated heterocycles. The zero-order valence-electron chi connectivity index (χ0n) is 19.0. The second-order valence-electron chi connectivity index (χ2n) is 8.81. The number of hydrogen-bond donors (Lipinski definition) is 1. The molecule has 4 heteroatoms. The third-order valence-corrected chi connectivity index (χ3v) is 6.16. The van der Waals surface area contributed by atoms with Gasteiger partial charge in [-0.25, -0.2) is 0 Å². The zero-order valence-corrected chi connectivity index (χ0v) is 19.0. The Labute approximate surface area is 187 Å². The Kier molecular flexibility index (Phi) is 8.69. The first-order valence-corrected chi connectivity index (χ1v) is 11.8. The summed E-state index contributed by atoms with van der Waals surface area (Å²) in [5, 5.41) is 3.28. The van der Waals surface area contributed by atoms with E-state index in [1.807, 2.05) is 37.3 Å².